The molecule has 0 radical (unpaired) electrons. The number of amides is 1. The fourth-order valence-corrected chi connectivity index (χ4v) is 3.41. The summed E-state index contributed by atoms with van der Waals surface area (Å²) in [7, 11) is 0. The van der Waals surface area contributed by atoms with Gasteiger partial charge in [-0.15, -0.1) is 0 Å². The first-order chi connectivity index (χ1) is 15.4. The molecule has 1 unspecified atom stereocenters. The summed E-state index contributed by atoms with van der Waals surface area (Å²) < 4.78 is 8.40. The van der Waals surface area contributed by atoms with Crippen LogP contribution in [-0.4, -0.2) is 45.6 Å². The molecule has 0 aliphatic heterocycles. The molecular formula is C21H23N5O5S. The van der Waals surface area contributed by atoms with Crippen molar-refractivity contribution in [2.45, 2.75) is 13.0 Å². The molecular weight excluding hydrogens is 434 g/mol. The van der Waals surface area contributed by atoms with Crippen molar-refractivity contribution in [2.24, 2.45) is 10.7 Å². The monoisotopic (exact) mass is 457 g/mol. The van der Waals surface area contributed by atoms with Crippen molar-refractivity contribution in [3.05, 3.63) is 64.4 Å². The van der Waals surface area contributed by atoms with Crippen molar-refractivity contribution in [1.82, 2.24) is 4.37 Å². The second-order valence-electron chi connectivity index (χ2n) is 6.76. The van der Waals surface area contributed by atoms with Gasteiger partial charge in [0.15, 0.2) is 0 Å². The van der Waals surface area contributed by atoms with E-state index in [1.165, 1.54) is 6.92 Å². The third-order valence-electron chi connectivity index (χ3n) is 4.16. The Labute approximate surface area is 187 Å². The lowest BCUT2D eigenvalue weighted by molar-refractivity contribution is -0.114. The van der Waals surface area contributed by atoms with Crippen LogP contribution in [-0.2, 0) is 4.79 Å². The Bertz CT molecular complexity index is 1140. The largest absolute Gasteiger partial charge is 0.457 e. The number of aromatic amines is 1. The molecule has 1 atom stereocenters. The number of carbonyl (C=O) groups excluding carboxylic acids is 1. The van der Waals surface area contributed by atoms with Crippen molar-refractivity contribution < 1.29 is 19.7 Å². The van der Waals surface area contributed by atoms with Crippen LogP contribution in [0.5, 0.6) is 11.5 Å². The van der Waals surface area contributed by atoms with Gasteiger partial charge in [0, 0.05) is 18.3 Å². The van der Waals surface area contributed by atoms with Gasteiger partial charge in [-0.3, -0.25) is 19.0 Å². The fourth-order valence-electron chi connectivity index (χ4n) is 2.65. The molecule has 0 aliphatic rings. The van der Waals surface area contributed by atoms with Crippen LogP contribution in [0.3, 0.4) is 0 Å². The Kier molecular flexibility index (Phi) is 7.60. The average Bonchev–Trinajstić information content (AvgIpc) is 3.14. The summed E-state index contributed by atoms with van der Waals surface area (Å²) >= 11 is 1.07. The van der Waals surface area contributed by atoms with Crippen molar-refractivity contribution >= 4 is 39.7 Å². The predicted octanol–water partition coefficient (Wildman–Crippen LogP) is 1.99. The summed E-state index contributed by atoms with van der Waals surface area (Å²) in [6, 6.07) is 14.0. The normalized spacial score (nSPS) is 12.3. The van der Waals surface area contributed by atoms with E-state index >= 15 is 0 Å². The SMILES string of the molecule is CC(=O)Nc1ccc(Oc2ccc(Nc3s[nH]c(=O)c3C(N)=NCC(O)CO)cc2)cc1. The number of aliphatic hydroxyl groups is 2. The summed E-state index contributed by atoms with van der Waals surface area (Å²) in [6.45, 7) is 0.878. The molecule has 3 rings (SSSR count). The van der Waals surface area contributed by atoms with Crippen LogP contribution in [0.15, 0.2) is 58.3 Å². The van der Waals surface area contributed by atoms with Crippen LogP contribution in [0.25, 0.3) is 0 Å². The molecule has 32 heavy (non-hydrogen) atoms. The lowest BCUT2D eigenvalue weighted by Crippen LogP contribution is -2.25. The molecule has 10 nitrogen and oxygen atoms in total. The van der Waals surface area contributed by atoms with Gasteiger partial charge < -0.3 is 31.3 Å². The molecule has 0 bridgehead atoms. The predicted molar refractivity (Wildman–Crippen MR) is 124 cm³/mol. The first-order valence-electron chi connectivity index (χ1n) is 9.59. The molecule has 0 aliphatic carbocycles. The summed E-state index contributed by atoms with van der Waals surface area (Å²) in [5.74, 6) is 1.03. The highest BCUT2D eigenvalue weighted by molar-refractivity contribution is 7.10. The first-order valence-corrected chi connectivity index (χ1v) is 10.4. The van der Waals surface area contributed by atoms with Gasteiger partial charge in [-0.2, -0.15) is 0 Å². The number of aliphatic hydroxyl groups excluding tert-OH is 2. The molecule has 0 saturated carbocycles. The summed E-state index contributed by atoms with van der Waals surface area (Å²) in [4.78, 5) is 27.2. The zero-order chi connectivity index (χ0) is 23.1. The average molecular weight is 458 g/mol. The number of aliphatic imine (C=N–C) groups is 1. The van der Waals surface area contributed by atoms with Gasteiger partial charge in [0.1, 0.15) is 27.9 Å². The maximum Gasteiger partial charge on any atom is 0.271 e. The van der Waals surface area contributed by atoms with Crippen LogP contribution >= 0.6 is 11.5 Å². The second-order valence-corrected chi connectivity index (χ2v) is 7.57. The van der Waals surface area contributed by atoms with Crippen LogP contribution in [0.4, 0.5) is 16.4 Å². The molecule has 1 heterocycles. The number of hydrogen-bond acceptors (Lipinski definition) is 8. The number of anilines is 3. The molecule has 7 N–H and O–H groups in total. The number of H-pyrrole nitrogens is 1. The number of carbonyl (C=O) groups is 1. The van der Waals surface area contributed by atoms with E-state index in [0.717, 1.165) is 11.5 Å². The van der Waals surface area contributed by atoms with Crippen molar-refractivity contribution in [2.75, 3.05) is 23.8 Å². The molecule has 168 valence electrons. The van der Waals surface area contributed by atoms with Gasteiger partial charge in [0.25, 0.3) is 5.56 Å². The number of amidine groups is 1. The molecule has 3 aromatic rings. The minimum atomic E-state index is -1.04. The topological polar surface area (TPSA) is 162 Å². The van der Waals surface area contributed by atoms with Crippen LogP contribution in [0.2, 0.25) is 0 Å². The Morgan fingerprint density at radius 1 is 1.16 bits per heavy atom. The number of rotatable bonds is 9. The number of nitrogens with two attached hydrogens (primary N) is 1. The Hall–Kier alpha value is -3.67. The number of nitrogens with one attached hydrogen (secondary N) is 3. The molecule has 0 saturated heterocycles. The second kappa shape index (κ2) is 10.6. The highest BCUT2D eigenvalue weighted by Gasteiger charge is 2.15. The molecule has 2 aromatic carbocycles. The molecule has 11 heteroatoms. The van der Waals surface area contributed by atoms with Crippen LogP contribution in [0, 0.1) is 0 Å². The zero-order valence-corrected chi connectivity index (χ0v) is 18.0. The standard InChI is InChI=1S/C21H23N5O5S/c1-12(28)24-13-2-6-16(7-3-13)31-17-8-4-14(5-9-17)25-21-18(20(30)26-32-21)19(22)23-10-15(29)11-27/h2-9,15,25,27,29H,10-11H2,1H3,(H2,22,23)(H,24,28)(H,26,30). The van der Waals surface area contributed by atoms with Gasteiger partial charge in [0.2, 0.25) is 5.91 Å². The molecule has 0 spiro atoms. The first kappa shape index (κ1) is 23.0. The van der Waals surface area contributed by atoms with Crippen molar-refractivity contribution in [3.8, 4) is 11.5 Å². The van der Waals surface area contributed by atoms with Gasteiger partial charge in [-0.05, 0) is 60.1 Å². The summed E-state index contributed by atoms with van der Waals surface area (Å²) in [5, 5.41) is 24.6. The molecule has 1 amide bonds. The minimum Gasteiger partial charge on any atom is -0.457 e. The van der Waals surface area contributed by atoms with E-state index in [2.05, 4.69) is 20.0 Å². The fraction of sp³-hybridized carbons (Fsp3) is 0.190. The van der Waals surface area contributed by atoms with E-state index in [1.54, 1.807) is 48.5 Å². The third-order valence-corrected chi connectivity index (χ3v) is 4.96. The van der Waals surface area contributed by atoms with Crippen molar-refractivity contribution in [1.29, 1.82) is 0 Å². The van der Waals surface area contributed by atoms with E-state index in [1.807, 2.05) is 0 Å². The van der Waals surface area contributed by atoms with Gasteiger partial charge >= 0.3 is 0 Å². The van der Waals surface area contributed by atoms with E-state index in [4.69, 9.17) is 15.6 Å². The highest BCUT2D eigenvalue weighted by atomic mass is 32.1. The number of nitrogens with zero attached hydrogens (tertiary/aromatic N) is 1. The van der Waals surface area contributed by atoms with E-state index < -0.39 is 18.3 Å². The van der Waals surface area contributed by atoms with E-state index in [-0.39, 0.29) is 23.9 Å². The lowest BCUT2D eigenvalue weighted by Gasteiger charge is -2.10. The Balaban J connectivity index is 1.67. The van der Waals surface area contributed by atoms with Gasteiger partial charge in [-0.25, -0.2) is 0 Å². The minimum absolute atomic E-state index is 0.0369. The van der Waals surface area contributed by atoms with E-state index in [0.29, 0.717) is 27.9 Å². The lowest BCUT2D eigenvalue weighted by atomic mass is 10.2. The van der Waals surface area contributed by atoms with Gasteiger partial charge in [-0.1, -0.05) is 0 Å². The Morgan fingerprint density at radius 2 is 1.75 bits per heavy atom. The maximum absolute atomic E-state index is 12.1. The number of hydrogen-bond donors (Lipinski definition) is 6. The summed E-state index contributed by atoms with van der Waals surface area (Å²) in [5.41, 5.74) is 7.04. The quantitative estimate of drug-likeness (QED) is 0.211. The molecule has 1 aromatic heterocycles. The van der Waals surface area contributed by atoms with Crippen molar-refractivity contribution in [3.63, 3.8) is 0 Å². The van der Waals surface area contributed by atoms with Gasteiger partial charge in [0.05, 0.1) is 19.3 Å². The maximum atomic E-state index is 12.1. The number of benzene rings is 2. The zero-order valence-electron chi connectivity index (χ0n) is 17.2. The van der Waals surface area contributed by atoms with E-state index in [9.17, 15) is 14.7 Å². The summed E-state index contributed by atoms with van der Waals surface area (Å²) in [6.07, 6.45) is -1.04. The Morgan fingerprint density at radius 3 is 2.31 bits per heavy atom. The number of ether oxygens (including phenoxy) is 1. The third kappa shape index (κ3) is 6.17. The molecule has 0 fully saturated rings. The highest BCUT2D eigenvalue weighted by Crippen LogP contribution is 2.27. The van der Waals surface area contributed by atoms with Crippen LogP contribution in [0.1, 0.15) is 12.5 Å². The number of aromatic nitrogens is 1. The smallest absolute Gasteiger partial charge is 0.271 e. The van der Waals surface area contributed by atoms with Crippen LogP contribution < -0.4 is 26.7 Å².